The van der Waals surface area contributed by atoms with E-state index < -0.39 is 0 Å². The lowest BCUT2D eigenvalue weighted by molar-refractivity contribution is 0.589. The highest BCUT2D eigenvalue weighted by atomic mass is 32.2. The molecular weight excluding hydrogens is 250 g/mol. The zero-order valence-corrected chi connectivity index (χ0v) is 12.4. The summed E-state index contributed by atoms with van der Waals surface area (Å²) in [7, 11) is 2.04. The molecule has 0 aliphatic carbocycles. The van der Waals surface area contributed by atoms with E-state index in [0.29, 0.717) is 11.3 Å². The van der Waals surface area contributed by atoms with Gasteiger partial charge in [-0.3, -0.25) is 0 Å². The molecule has 19 heavy (non-hydrogen) atoms. The van der Waals surface area contributed by atoms with Gasteiger partial charge in [-0.05, 0) is 18.2 Å². The molecular formula is C17H21NS. The number of benzene rings is 2. The third-order valence-corrected chi connectivity index (χ3v) is 4.59. The third kappa shape index (κ3) is 4.12. The molecule has 0 bridgehead atoms. The summed E-state index contributed by atoms with van der Waals surface area (Å²) in [5.41, 5.74) is 2.75. The number of thioether (sulfide) groups is 1. The van der Waals surface area contributed by atoms with Crippen LogP contribution >= 0.6 is 11.8 Å². The van der Waals surface area contributed by atoms with Crippen molar-refractivity contribution in [3.05, 3.63) is 71.8 Å². The molecule has 2 aromatic rings. The topological polar surface area (TPSA) is 12.0 Å². The summed E-state index contributed by atoms with van der Waals surface area (Å²) in [4.78, 5) is 0. The van der Waals surface area contributed by atoms with Crippen LogP contribution in [0, 0.1) is 0 Å². The van der Waals surface area contributed by atoms with E-state index in [1.54, 1.807) is 0 Å². The minimum atomic E-state index is 0.398. The van der Waals surface area contributed by atoms with Gasteiger partial charge in [0.25, 0.3) is 0 Å². The first-order valence-electron chi connectivity index (χ1n) is 6.69. The zero-order chi connectivity index (χ0) is 13.5. The Bertz CT molecular complexity index is 469. The molecule has 2 heteroatoms. The standard InChI is InChI=1S/C17H21NS/c1-14(19-13-15-9-5-3-6-10-15)17(18-2)16-11-7-4-8-12-16/h3-12,14,17-18H,13H2,1-2H3. The minimum Gasteiger partial charge on any atom is -0.312 e. The number of hydrogen-bond donors (Lipinski definition) is 1. The van der Waals surface area contributed by atoms with E-state index in [4.69, 9.17) is 0 Å². The van der Waals surface area contributed by atoms with Crippen molar-refractivity contribution in [3.63, 3.8) is 0 Å². The smallest absolute Gasteiger partial charge is 0.0435 e. The SMILES string of the molecule is CNC(c1ccccc1)C(C)SCc1ccccc1. The molecule has 0 aliphatic rings. The van der Waals surface area contributed by atoms with Crippen molar-refractivity contribution in [3.8, 4) is 0 Å². The van der Waals surface area contributed by atoms with Gasteiger partial charge < -0.3 is 5.32 Å². The second kappa shape index (κ2) is 7.37. The first-order valence-corrected chi connectivity index (χ1v) is 7.74. The van der Waals surface area contributed by atoms with Crippen LogP contribution in [0.15, 0.2) is 60.7 Å². The molecule has 0 aliphatic heterocycles. The predicted octanol–water partition coefficient (Wildman–Crippen LogP) is 4.27. The highest BCUT2D eigenvalue weighted by molar-refractivity contribution is 7.99. The molecule has 0 saturated carbocycles. The summed E-state index contributed by atoms with van der Waals surface area (Å²) >= 11 is 1.99. The first-order chi connectivity index (χ1) is 9.31. The fourth-order valence-electron chi connectivity index (χ4n) is 2.23. The Morgan fingerprint density at radius 1 is 0.947 bits per heavy atom. The van der Waals surface area contributed by atoms with E-state index in [2.05, 4.69) is 72.9 Å². The molecule has 0 spiro atoms. The summed E-state index contributed by atoms with van der Waals surface area (Å²) in [6.07, 6.45) is 0. The Labute approximate surface area is 120 Å². The van der Waals surface area contributed by atoms with E-state index in [1.807, 2.05) is 18.8 Å². The van der Waals surface area contributed by atoms with Crippen molar-refractivity contribution in [1.29, 1.82) is 0 Å². The number of rotatable bonds is 6. The molecule has 0 heterocycles. The van der Waals surface area contributed by atoms with Gasteiger partial charge in [-0.2, -0.15) is 11.8 Å². The van der Waals surface area contributed by atoms with Gasteiger partial charge in [0.15, 0.2) is 0 Å². The average Bonchev–Trinajstić information content (AvgIpc) is 2.48. The van der Waals surface area contributed by atoms with Crippen LogP contribution in [0.3, 0.4) is 0 Å². The van der Waals surface area contributed by atoms with Crippen LogP contribution in [-0.4, -0.2) is 12.3 Å². The molecule has 0 radical (unpaired) electrons. The Hall–Kier alpha value is -1.25. The van der Waals surface area contributed by atoms with Crippen molar-refractivity contribution in [2.24, 2.45) is 0 Å². The molecule has 0 amide bonds. The summed E-state index contributed by atoms with van der Waals surface area (Å²) in [6, 6.07) is 21.7. The fraction of sp³-hybridized carbons (Fsp3) is 0.294. The molecule has 100 valence electrons. The molecule has 0 aromatic heterocycles. The third-order valence-electron chi connectivity index (χ3n) is 3.29. The van der Waals surface area contributed by atoms with E-state index in [1.165, 1.54) is 11.1 Å². The van der Waals surface area contributed by atoms with Crippen LogP contribution in [-0.2, 0) is 5.75 Å². The van der Waals surface area contributed by atoms with Crippen LogP contribution in [0.4, 0.5) is 0 Å². The van der Waals surface area contributed by atoms with Gasteiger partial charge in [-0.25, -0.2) is 0 Å². The Kier molecular flexibility index (Phi) is 5.49. The van der Waals surface area contributed by atoms with E-state index in [0.717, 1.165) is 5.75 Å². The van der Waals surface area contributed by atoms with Gasteiger partial charge in [0.2, 0.25) is 0 Å². The van der Waals surface area contributed by atoms with Crippen LogP contribution < -0.4 is 5.32 Å². The highest BCUT2D eigenvalue weighted by Crippen LogP contribution is 2.28. The lowest BCUT2D eigenvalue weighted by atomic mass is 10.0. The molecule has 0 fully saturated rings. The van der Waals surface area contributed by atoms with Crippen LogP contribution in [0.25, 0.3) is 0 Å². The molecule has 1 nitrogen and oxygen atoms in total. The largest absolute Gasteiger partial charge is 0.312 e. The quantitative estimate of drug-likeness (QED) is 0.842. The van der Waals surface area contributed by atoms with Crippen molar-refractivity contribution in [1.82, 2.24) is 5.32 Å². The lowest BCUT2D eigenvalue weighted by Gasteiger charge is -2.23. The summed E-state index contributed by atoms with van der Waals surface area (Å²) in [5.74, 6) is 1.06. The Morgan fingerprint density at radius 3 is 2.11 bits per heavy atom. The predicted molar refractivity (Wildman–Crippen MR) is 85.4 cm³/mol. The highest BCUT2D eigenvalue weighted by Gasteiger charge is 2.17. The van der Waals surface area contributed by atoms with Gasteiger partial charge in [0, 0.05) is 17.0 Å². The number of nitrogens with one attached hydrogen (secondary N) is 1. The normalized spacial score (nSPS) is 14.0. The van der Waals surface area contributed by atoms with Crippen molar-refractivity contribution in [2.45, 2.75) is 24.0 Å². The van der Waals surface area contributed by atoms with Gasteiger partial charge in [-0.1, -0.05) is 67.6 Å². The molecule has 2 atom stereocenters. The van der Waals surface area contributed by atoms with Crippen LogP contribution in [0.2, 0.25) is 0 Å². The molecule has 2 aromatic carbocycles. The van der Waals surface area contributed by atoms with Gasteiger partial charge >= 0.3 is 0 Å². The number of hydrogen-bond acceptors (Lipinski definition) is 2. The molecule has 0 saturated heterocycles. The summed E-state index contributed by atoms with van der Waals surface area (Å²) < 4.78 is 0. The van der Waals surface area contributed by atoms with Gasteiger partial charge in [0.05, 0.1) is 0 Å². The lowest BCUT2D eigenvalue weighted by Crippen LogP contribution is -2.25. The Morgan fingerprint density at radius 2 is 1.53 bits per heavy atom. The summed E-state index contributed by atoms with van der Waals surface area (Å²) in [5, 5.41) is 3.97. The molecule has 2 unspecified atom stereocenters. The summed E-state index contributed by atoms with van der Waals surface area (Å²) in [6.45, 7) is 2.29. The maximum atomic E-state index is 3.43. The van der Waals surface area contributed by atoms with E-state index in [-0.39, 0.29) is 0 Å². The van der Waals surface area contributed by atoms with Crippen LogP contribution in [0.1, 0.15) is 24.1 Å². The second-order valence-electron chi connectivity index (χ2n) is 4.68. The minimum absolute atomic E-state index is 0.398. The van der Waals surface area contributed by atoms with Crippen molar-refractivity contribution >= 4 is 11.8 Å². The van der Waals surface area contributed by atoms with E-state index in [9.17, 15) is 0 Å². The molecule has 2 rings (SSSR count). The average molecular weight is 271 g/mol. The Balaban J connectivity index is 1.96. The monoisotopic (exact) mass is 271 g/mol. The van der Waals surface area contributed by atoms with Gasteiger partial charge in [0.1, 0.15) is 0 Å². The first kappa shape index (κ1) is 14.2. The van der Waals surface area contributed by atoms with Crippen LogP contribution in [0.5, 0.6) is 0 Å². The maximum absolute atomic E-state index is 3.43. The fourth-order valence-corrected chi connectivity index (χ4v) is 3.36. The van der Waals surface area contributed by atoms with Crippen molar-refractivity contribution < 1.29 is 0 Å². The molecule has 1 N–H and O–H groups in total. The second-order valence-corrected chi connectivity index (χ2v) is 6.04. The zero-order valence-electron chi connectivity index (χ0n) is 11.5. The van der Waals surface area contributed by atoms with Crippen molar-refractivity contribution in [2.75, 3.05) is 7.05 Å². The maximum Gasteiger partial charge on any atom is 0.0435 e. The van der Waals surface area contributed by atoms with E-state index >= 15 is 0 Å². The van der Waals surface area contributed by atoms with Gasteiger partial charge in [-0.15, -0.1) is 0 Å².